The van der Waals surface area contributed by atoms with Gasteiger partial charge in [0.15, 0.2) is 0 Å². The molecule has 1 saturated heterocycles. The molecule has 1 aliphatic rings. The lowest BCUT2D eigenvalue weighted by Crippen LogP contribution is -2.37. The molecule has 1 N–H and O–H groups in total. The number of carbonyl (C=O) groups excluding carboxylic acids is 1. The van der Waals surface area contributed by atoms with Crippen molar-refractivity contribution in [1.82, 2.24) is 4.90 Å². The van der Waals surface area contributed by atoms with Crippen LogP contribution in [-0.2, 0) is 11.2 Å². The Balaban J connectivity index is 1.46. The molecule has 24 heavy (non-hydrogen) atoms. The van der Waals surface area contributed by atoms with E-state index in [1.807, 2.05) is 4.90 Å². The summed E-state index contributed by atoms with van der Waals surface area (Å²) in [6.07, 6.45) is 3.21. The van der Waals surface area contributed by atoms with E-state index in [1.54, 1.807) is 35.6 Å². The van der Waals surface area contributed by atoms with E-state index in [0.717, 1.165) is 31.5 Å². The number of aryl methyl sites for hydroxylation is 1. The molecular formula is C19H21NO3S. The number of nitrogens with zero attached hydrogens (tertiary/aromatic N) is 1. The lowest BCUT2D eigenvalue weighted by molar-refractivity contribution is -0.132. The summed E-state index contributed by atoms with van der Waals surface area (Å²) in [4.78, 5) is 25.2. The second-order valence-electron chi connectivity index (χ2n) is 6.21. The molecule has 0 aliphatic carbocycles. The number of benzene rings is 1. The zero-order chi connectivity index (χ0) is 16.9. The van der Waals surface area contributed by atoms with Gasteiger partial charge in [0, 0.05) is 19.5 Å². The maximum atomic E-state index is 12.4. The van der Waals surface area contributed by atoms with Crippen LogP contribution < -0.4 is 0 Å². The van der Waals surface area contributed by atoms with Gasteiger partial charge in [0.2, 0.25) is 5.91 Å². The highest BCUT2D eigenvalue weighted by molar-refractivity contribution is 7.07. The monoisotopic (exact) mass is 343 g/mol. The van der Waals surface area contributed by atoms with E-state index in [1.165, 1.54) is 5.56 Å². The molecule has 0 unspecified atom stereocenters. The molecule has 0 atom stereocenters. The molecule has 5 heteroatoms. The number of carboxylic acid groups (broad SMARTS) is 1. The smallest absolute Gasteiger partial charge is 0.335 e. The first kappa shape index (κ1) is 16.7. The van der Waals surface area contributed by atoms with Crippen LogP contribution in [0, 0.1) is 0 Å². The largest absolute Gasteiger partial charge is 0.478 e. The van der Waals surface area contributed by atoms with Gasteiger partial charge in [0.25, 0.3) is 0 Å². The van der Waals surface area contributed by atoms with Gasteiger partial charge in [-0.3, -0.25) is 4.79 Å². The summed E-state index contributed by atoms with van der Waals surface area (Å²) >= 11 is 1.73. The fraction of sp³-hybridized carbons (Fsp3) is 0.368. The Morgan fingerprint density at radius 2 is 1.83 bits per heavy atom. The highest BCUT2D eigenvalue weighted by atomic mass is 32.1. The number of aromatic carboxylic acids is 1. The summed E-state index contributed by atoms with van der Waals surface area (Å²) in [5, 5.41) is 13.2. The van der Waals surface area contributed by atoms with E-state index in [-0.39, 0.29) is 11.5 Å². The number of rotatable bonds is 5. The number of carboxylic acids is 1. The lowest BCUT2D eigenvalue weighted by atomic mass is 9.91. The molecule has 126 valence electrons. The van der Waals surface area contributed by atoms with E-state index in [9.17, 15) is 9.59 Å². The molecule has 1 aromatic heterocycles. The molecule has 0 radical (unpaired) electrons. The summed E-state index contributed by atoms with van der Waals surface area (Å²) in [6.45, 7) is 1.66. The van der Waals surface area contributed by atoms with Crippen molar-refractivity contribution >= 4 is 23.2 Å². The molecule has 3 rings (SSSR count). The van der Waals surface area contributed by atoms with Crippen molar-refractivity contribution in [2.75, 3.05) is 13.1 Å². The normalized spacial score (nSPS) is 15.4. The van der Waals surface area contributed by atoms with Gasteiger partial charge >= 0.3 is 5.97 Å². The number of piperidine rings is 1. The van der Waals surface area contributed by atoms with Gasteiger partial charge in [-0.05, 0) is 65.3 Å². The summed E-state index contributed by atoms with van der Waals surface area (Å²) in [6, 6.07) is 8.95. The predicted octanol–water partition coefficient (Wildman–Crippen LogP) is 3.79. The summed E-state index contributed by atoms with van der Waals surface area (Å²) in [7, 11) is 0. The molecule has 1 amide bonds. The Bertz CT molecular complexity index is 686. The fourth-order valence-electron chi connectivity index (χ4n) is 3.19. The van der Waals surface area contributed by atoms with Crippen molar-refractivity contribution in [2.45, 2.75) is 31.6 Å². The van der Waals surface area contributed by atoms with Crippen LogP contribution in [0.4, 0.5) is 0 Å². The molecule has 2 aromatic rings. The van der Waals surface area contributed by atoms with Gasteiger partial charge in [0.05, 0.1) is 5.56 Å². The third-order valence-corrected chi connectivity index (χ3v) is 5.39. The van der Waals surface area contributed by atoms with Crippen molar-refractivity contribution < 1.29 is 14.7 Å². The van der Waals surface area contributed by atoms with Crippen molar-refractivity contribution in [2.24, 2.45) is 0 Å². The summed E-state index contributed by atoms with van der Waals surface area (Å²) < 4.78 is 0. The molecule has 1 aliphatic heterocycles. The van der Waals surface area contributed by atoms with Crippen molar-refractivity contribution in [3.8, 4) is 0 Å². The molecule has 0 spiro atoms. The zero-order valence-corrected chi connectivity index (χ0v) is 14.3. The van der Waals surface area contributed by atoms with Crippen LogP contribution >= 0.6 is 11.3 Å². The number of thiophene rings is 1. The second-order valence-corrected chi connectivity index (χ2v) is 6.99. The van der Waals surface area contributed by atoms with Gasteiger partial charge in [-0.2, -0.15) is 11.3 Å². The highest BCUT2D eigenvalue weighted by Crippen LogP contribution is 2.29. The van der Waals surface area contributed by atoms with E-state index in [0.29, 0.717) is 18.8 Å². The molecule has 0 bridgehead atoms. The van der Waals surface area contributed by atoms with Crippen LogP contribution in [0.2, 0.25) is 0 Å². The van der Waals surface area contributed by atoms with Crippen LogP contribution in [0.3, 0.4) is 0 Å². The first-order valence-electron chi connectivity index (χ1n) is 8.25. The maximum absolute atomic E-state index is 12.4. The van der Waals surface area contributed by atoms with Crippen molar-refractivity contribution in [3.63, 3.8) is 0 Å². The Labute approximate surface area is 145 Å². The Morgan fingerprint density at radius 3 is 2.42 bits per heavy atom. The predicted molar refractivity (Wildman–Crippen MR) is 94.6 cm³/mol. The first-order chi connectivity index (χ1) is 11.6. The Morgan fingerprint density at radius 1 is 1.12 bits per heavy atom. The first-order valence-corrected chi connectivity index (χ1v) is 9.20. The molecule has 1 aromatic carbocycles. The number of amides is 1. The van der Waals surface area contributed by atoms with E-state index in [4.69, 9.17) is 5.11 Å². The molecular weight excluding hydrogens is 322 g/mol. The fourth-order valence-corrected chi connectivity index (χ4v) is 3.94. The minimum atomic E-state index is -0.925. The number of hydrogen-bond acceptors (Lipinski definition) is 3. The van der Waals surface area contributed by atoms with E-state index < -0.39 is 5.97 Å². The Kier molecular flexibility index (Phi) is 5.30. The van der Waals surface area contributed by atoms with Gasteiger partial charge < -0.3 is 10.0 Å². The number of likely N-dealkylation sites (tertiary alicyclic amines) is 1. The SMILES string of the molecule is O=C(O)c1ccc(CCC(=O)N2CCC(c3ccsc3)CC2)cc1. The van der Waals surface area contributed by atoms with E-state index >= 15 is 0 Å². The zero-order valence-electron chi connectivity index (χ0n) is 13.5. The number of hydrogen-bond donors (Lipinski definition) is 1. The third kappa shape index (κ3) is 4.03. The van der Waals surface area contributed by atoms with Gasteiger partial charge in [-0.1, -0.05) is 12.1 Å². The van der Waals surface area contributed by atoms with Crippen LogP contribution in [-0.4, -0.2) is 35.0 Å². The van der Waals surface area contributed by atoms with Crippen LogP contribution in [0.1, 0.15) is 46.7 Å². The molecule has 2 heterocycles. The van der Waals surface area contributed by atoms with Crippen LogP contribution in [0.15, 0.2) is 41.1 Å². The third-order valence-electron chi connectivity index (χ3n) is 4.69. The second kappa shape index (κ2) is 7.62. The van der Waals surface area contributed by atoms with Crippen molar-refractivity contribution in [1.29, 1.82) is 0 Å². The number of carbonyl (C=O) groups is 2. The lowest BCUT2D eigenvalue weighted by Gasteiger charge is -2.32. The van der Waals surface area contributed by atoms with Gasteiger partial charge in [0.1, 0.15) is 0 Å². The average molecular weight is 343 g/mol. The summed E-state index contributed by atoms with van der Waals surface area (Å²) in [5.41, 5.74) is 2.69. The quantitative estimate of drug-likeness (QED) is 0.899. The standard InChI is InChI=1S/C19H21NO3S/c21-18(6-3-14-1-4-16(5-2-14)19(22)23)20-10-7-15(8-11-20)17-9-12-24-13-17/h1-2,4-5,9,12-13,15H,3,6-8,10-11H2,(H,22,23). The van der Waals surface area contributed by atoms with Crippen molar-refractivity contribution in [3.05, 3.63) is 57.8 Å². The summed E-state index contributed by atoms with van der Waals surface area (Å²) in [5.74, 6) is -0.143. The average Bonchev–Trinajstić information content (AvgIpc) is 3.15. The topological polar surface area (TPSA) is 57.6 Å². The molecule has 0 saturated carbocycles. The maximum Gasteiger partial charge on any atom is 0.335 e. The van der Waals surface area contributed by atoms with Gasteiger partial charge in [-0.25, -0.2) is 4.79 Å². The molecule has 1 fully saturated rings. The van der Waals surface area contributed by atoms with Crippen LogP contribution in [0.25, 0.3) is 0 Å². The minimum absolute atomic E-state index is 0.195. The Hall–Kier alpha value is -2.14. The highest BCUT2D eigenvalue weighted by Gasteiger charge is 2.23. The van der Waals surface area contributed by atoms with Crippen LogP contribution in [0.5, 0.6) is 0 Å². The minimum Gasteiger partial charge on any atom is -0.478 e. The molecule has 4 nitrogen and oxygen atoms in total. The van der Waals surface area contributed by atoms with Gasteiger partial charge in [-0.15, -0.1) is 0 Å². The van der Waals surface area contributed by atoms with E-state index in [2.05, 4.69) is 16.8 Å².